The molecular weight excluding hydrogens is 384 g/mol. The van der Waals surface area contributed by atoms with Gasteiger partial charge in [0.25, 0.3) is 0 Å². The lowest BCUT2D eigenvalue weighted by Gasteiger charge is -2.30. The zero-order valence-electron chi connectivity index (χ0n) is 15.8. The topological polar surface area (TPSA) is 120 Å². The molecule has 9 nitrogen and oxygen atoms in total. The lowest BCUT2D eigenvalue weighted by molar-refractivity contribution is 0.301. The number of fused-ring (bicyclic) bond motifs is 1. The molecule has 3 aromatic rings. The molecule has 2 heterocycles. The molecule has 0 radical (unpaired) electrons. The van der Waals surface area contributed by atoms with Gasteiger partial charge in [-0.1, -0.05) is 30.8 Å². The Balaban J connectivity index is 1.76. The lowest BCUT2D eigenvalue weighted by Crippen LogP contribution is -2.46. The predicted octanol–water partition coefficient (Wildman–Crippen LogP) is 2.35. The van der Waals surface area contributed by atoms with Crippen molar-refractivity contribution in [2.24, 2.45) is 7.05 Å². The minimum atomic E-state index is -3.91. The molecule has 1 saturated carbocycles. The predicted molar refractivity (Wildman–Crippen MR) is 100 cm³/mol. The molecule has 4 rings (SSSR count). The quantitative estimate of drug-likeness (QED) is 0.660. The zero-order chi connectivity index (χ0) is 19.9. The van der Waals surface area contributed by atoms with Gasteiger partial charge in [0.05, 0.1) is 16.0 Å². The van der Waals surface area contributed by atoms with E-state index in [2.05, 4.69) is 14.9 Å². The van der Waals surface area contributed by atoms with E-state index >= 15 is 0 Å². The first-order chi connectivity index (χ1) is 13.3. The molecule has 1 fully saturated rings. The normalized spacial score (nSPS) is 17.6. The Bertz CT molecular complexity index is 1170. The summed E-state index contributed by atoms with van der Waals surface area (Å²) in [4.78, 5) is 16.0. The van der Waals surface area contributed by atoms with Crippen molar-refractivity contribution in [3.05, 3.63) is 40.5 Å². The molecule has 0 saturated heterocycles. The first kappa shape index (κ1) is 18.9. The van der Waals surface area contributed by atoms with Gasteiger partial charge in [0.15, 0.2) is 11.4 Å². The molecule has 1 aliphatic rings. The summed E-state index contributed by atoms with van der Waals surface area (Å²) in [5.41, 5.74) is -0.165. The molecule has 0 unspecified atom stereocenters. The van der Waals surface area contributed by atoms with Crippen molar-refractivity contribution in [3.8, 4) is 0 Å². The van der Waals surface area contributed by atoms with Crippen LogP contribution in [0.25, 0.3) is 11.1 Å². The maximum Gasteiger partial charge on any atom is 0.419 e. The minimum absolute atomic E-state index is 0.0261. The van der Waals surface area contributed by atoms with Gasteiger partial charge in [-0.15, -0.1) is 0 Å². The molecular formula is C18H22N4O5S. The van der Waals surface area contributed by atoms with Gasteiger partial charge >= 0.3 is 5.76 Å². The van der Waals surface area contributed by atoms with E-state index in [1.165, 1.54) is 16.7 Å². The average molecular weight is 406 g/mol. The number of aromatic nitrogens is 3. The van der Waals surface area contributed by atoms with E-state index in [-0.39, 0.29) is 10.5 Å². The van der Waals surface area contributed by atoms with Crippen molar-refractivity contribution < 1.29 is 17.4 Å². The molecule has 1 N–H and O–H groups in total. The van der Waals surface area contributed by atoms with Gasteiger partial charge in [-0.2, -0.15) is 9.71 Å². The van der Waals surface area contributed by atoms with Gasteiger partial charge in [0.2, 0.25) is 15.9 Å². The molecule has 10 heteroatoms. The maximum atomic E-state index is 13.2. The molecule has 1 aliphatic carbocycles. The Labute approximate surface area is 161 Å². The van der Waals surface area contributed by atoms with Crippen LogP contribution in [-0.4, -0.2) is 23.1 Å². The summed E-state index contributed by atoms with van der Waals surface area (Å²) in [6.07, 6.45) is 4.97. The van der Waals surface area contributed by atoms with Crippen LogP contribution < -0.4 is 10.5 Å². The van der Waals surface area contributed by atoms with Gasteiger partial charge in [0.1, 0.15) is 0 Å². The second-order valence-electron chi connectivity index (χ2n) is 7.30. The maximum absolute atomic E-state index is 13.2. The average Bonchev–Trinajstić information content (AvgIpc) is 3.11. The molecule has 28 heavy (non-hydrogen) atoms. The molecule has 0 amide bonds. The van der Waals surface area contributed by atoms with E-state index in [1.54, 1.807) is 20.0 Å². The Kier molecular flexibility index (Phi) is 4.62. The van der Waals surface area contributed by atoms with Gasteiger partial charge < -0.3 is 8.94 Å². The van der Waals surface area contributed by atoms with Crippen molar-refractivity contribution in [2.75, 3.05) is 0 Å². The highest BCUT2D eigenvalue weighted by Crippen LogP contribution is 2.36. The molecule has 150 valence electrons. The van der Waals surface area contributed by atoms with Gasteiger partial charge in [0, 0.05) is 20.0 Å². The van der Waals surface area contributed by atoms with Gasteiger partial charge in [-0.25, -0.2) is 13.2 Å². The SMILES string of the molecule is Cc1nc(C2(NS(=O)(=O)c3ccc4c(c3)oc(=O)n4C)CCCCCC2)no1. The molecule has 0 bridgehead atoms. The summed E-state index contributed by atoms with van der Waals surface area (Å²) in [6, 6.07) is 4.39. The monoisotopic (exact) mass is 406 g/mol. The fourth-order valence-corrected chi connectivity index (χ4v) is 5.23. The number of benzene rings is 1. The molecule has 0 aliphatic heterocycles. The third-order valence-corrected chi connectivity index (χ3v) is 6.85. The van der Waals surface area contributed by atoms with Crippen LogP contribution in [0.5, 0.6) is 0 Å². The second kappa shape index (κ2) is 6.85. The third-order valence-electron chi connectivity index (χ3n) is 5.32. The Morgan fingerprint density at radius 3 is 2.54 bits per heavy atom. The van der Waals surface area contributed by atoms with Crippen molar-refractivity contribution in [1.82, 2.24) is 19.4 Å². The summed E-state index contributed by atoms with van der Waals surface area (Å²) in [5, 5.41) is 4.02. The van der Waals surface area contributed by atoms with E-state index < -0.39 is 21.3 Å². The highest BCUT2D eigenvalue weighted by atomic mass is 32.2. The van der Waals surface area contributed by atoms with E-state index in [1.807, 2.05) is 0 Å². The Morgan fingerprint density at radius 2 is 1.89 bits per heavy atom. The van der Waals surface area contributed by atoms with Crippen molar-refractivity contribution in [2.45, 2.75) is 55.9 Å². The van der Waals surface area contributed by atoms with E-state index in [4.69, 9.17) is 8.94 Å². The van der Waals surface area contributed by atoms with Crippen LogP contribution in [0.1, 0.15) is 50.2 Å². The molecule has 0 spiro atoms. The van der Waals surface area contributed by atoms with Gasteiger partial charge in [-0.05, 0) is 25.0 Å². The number of aryl methyl sites for hydroxylation is 2. The molecule has 2 aromatic heterocycles. The second-order valence-corrected chi connectivity index (χ2v) is 8.98. The summed E-state index contributed by atoms with van der Waals surface area (Å²) >= 11 is 0. The summed E-state index contributed by atoms with van der Waals surface area (Å²) in [7, 11) is -2.34. The molecule has 1 aromatic carbocycles. The smallest absolute Gasteiger partial charge is 0.408 e. The largest absolute Gasteiger partial charge is 0.419 e. The fourth-order valence-electron chi connectivity index (χ4n) is 3.79. The third kappa shape index (κ3) is 3.26. The van der Waals surface area contributed by atoms with Crippen LogP contribution in [0.15, 0.2) is 36.8 Å². The Hall–Kier alpha value is -2.46. The summed E-state index contributed by atoms with van der Waals surface area (Å²) in [6.45, 7) is 1.68. The highest BCUT2D eigenvalue weighted by molar-refractivity contribution is 7.89. The Morgan fingerprint density at radius 1 is 1.18 bits per heavy atom. The molecule has 0 atom stereocenters. The number of rotatable bonds is 4. The van der Waals surface area contributed by atoms with Gasteiger partial charge in [-0.3, -0.25) is 4.57 Å². The summed E-state index contributed by atoms with van der Waals surface area (Å²) < 4.78 is 40.8. The fraction of sp³-hybridized carbons (Fsp3) is 0.500. The van der Waals surface area contributed by atoms with E-state index in [0.29, 0.717) is 30.1 Å². The van der Waals surface area contributed by atoms with Crippen molar-refractivity contribution in [3.63, 3.8) is 0 Å². The number of nitrogens with zero attached hydrogens (tertiary/aromatic N) is 3. The van der Waals surface area contributed by atoms with Crippen LogP contribution in [0.4, 0.5) is 0 Å². The minimum Gasteiger partial charge on any atom is -0.408 e. The first-order valence-electron chi connectivity index (χ1n) is 9.25. The number of hydrogen-bond acceptors (Lipinski definition) is 7. The lowest BCUT2D eigenvalue weighted by atomic mass is 9.91. The number of nitrogens with one attached hydrogen (secondary N) is 1. The van der Waals surface area contributed by atoms with Crippen LogP contribution in [0.3, 0.4) is 0 Å². The summed E-state index contributed by atoms with van der Waals surface area (Å²) in [5.74, 6) is 0.216. The van der Waals surface area contributed by atoms with Crippen LogP contribution in [0.2, 0.25) is 0 Å². The standard InChI is InChI=1S/C18H22N4O5S/c1-12-19-16(20-27-12)18(9-5-3-4-6-10-18)21-28(24,25)13-7-8-14-15(11-13)26-17(23)22(14)2/h7-8,11,21H,3-6,9-10H2,1-2H3. The van der Waals surface area contributed by atoms with Crippen LogP contribution >= 0.6 is 0 Å². The number of hydrogen-bond donors (Lipinski definition) is 1. The number of oxazole rings is 1. The van der Waals surface area contributed by atoms with Crippen molar-refractivity contribution in [1.29, 1.82) is 0 Å². The first-order valence-corrected chi connectivity index (χ1v) is 10.7. The van der Waals surface area contributed by atoms with Crippen molar-refractivity contribution >= 4 is 21.1 Å². The zero-order valence-corrected chi connectivity index (χ0v) is 16.6. The van der Waals surface area contributed by atoms with E-state index in [0.717, 1.165) is 25.7 Å². The van der Waals surface area contributed by atoms with Crippen LogP contribution in [-0.2, 0) is 22.6 Å². The van der Waals surface area contributed by atoms with E-state index in [9.17, 15) is 13.2 Å². The van der Waals surface area contributed by atoms with Crippen LogP contribution in [0, 0.1) is 6.92 Å². The highest BCUT2D eigenvalue weighted by Gasteiger charge is 2.41. The number of sulfonamides is 1.